The number of carbonyl (C=O) groups is 2. The third kappa shape index (κ3) is 5.86. The number of hydrogen-bond donors (Lipinski definition) is 0. The molecule has 0 atom stereocenters. The molecule has 1 heterocycles. The topological polar surface area (TPSA) is 98.1 Å². The van der Waals surface area contributed by atoms with Crippen molar-refractivity contribution in [3.8, 4) is 23.3 Å². The Morgan fingerprint density at radius 3 is 2.56 bits per heavy atom. The number of para-hydroxylation sites is 1. The number of hydrogen-bond acceptors (Lipinski definition) is 7. The van der Waals surface area contributed by atoms with Crippen LogP contribution in [0.5, 0.6) is 17.2 Å². The van der Waals surface area contributed by atoms with Gasteiger partial charge >= 0.3 is 5.97 Å². The zero-order valence-corrected chi connectivity index (χ0v) is 18.0. The van der Waals surface area contributed by atoms with Crippen molar-refractivity contribution < 1.29 is 28.5 Å². The van der Waals surface area contributed by atoms with Crippen LogP contribution in [0, 0.1) is 18.3 Å². The van der Waals surface area contributed by atoms with Crippen molar-refractivity contribution in [1.29, 1.82) is 5.26 Å². The van der Waals surface area contributed by atoms with Gasteiger partial charge in [-0.1, -0.05) is 24.3 Å². The van der Waals surface area contributed by atoms with Crippen molar-refractivity contribution >= 4 is 18.0 Å². The lowest BCUT2D eigenvalue weighted by atomic mass is 10.1. The molecule has 8 heteroatoms. The molecular weight excluding hydrogens is 412 g/mol. The van der Waals surface area contributed by atoms with E-state index in [0.717, 1.165) is 5.56 Å². The van der Waals surface area contributed by atoms with Gasteiger partial charge in [0.15, 0.2) is 18.1 Å². The molecule has 1 aliphatic heterocycles. The molecule has 3 rings (SSSR count). The third-order valence-electron chi connectivity index (χ3n) is 4.81. The highest BCUT2D eigenvalue weighted by atomic mass is 16.6. The molecule has 0 spiro atoms. The summed E-state index contributed by atoms with van der Waals surface area (Å²) in [6.45, 7) is 3.41. The van der Waals surface area contributed by atoms with E-state index in [1.54, 1.807) is 29.2 Å². The highest BCUT2D eigenvalue weighted by Gasteiger charge is 2.21. The highest BCUT2D eigenvalue weighted by Crippen LogP contribution is 2.29. The number of morpholine rings is 1. The normalized spacial score (nSPS) is 13.8. The average molecular weight is 436 g/mol. The van der Waals surface area contributed by atoms with Crippen LogP contribution in [0.15, 0.2) is 48.0 Å². The molecule has 1 saturated heterocycles. The maximum atomic E-state index is 12.6. The maximum Gasteiger partial charge on any atom is 0.349 e. The second-order valence-corrected chi connectivity index (χ2v) is 7.01. The molecule has 8 nitrogen and oxygen atoms in total. The molecule has 0 aromatic heterocycles. The molecule has 1 aliphatic rings. The van der Waals surface area contributed by atoms with Crippen LogP contribution in [0.25, 0.3) is 6.08 Å². The van der Waals surface area contributed by atoms with E-state index >= 15 is 0 Å². The summed E-state index contributed by atoms with van der Waals surface area (Å²) in [6, 6.07) is 14.1. The molecule has 2 aromatic rings. The van der Waals surface area contributed by atoms with Crippen molar-refractivity contribution in [2.45, 2.75) is 6.92 Å². The lowest BCUT2D eigenvalue weighted by molar-refractivity contribution is -0.136. The monoisotopic (exact) mass is 436 g/mol. The van der Waals surface area contributed by atoms with E-state index in [2.05, 4.69) is 0 Å². The lowest BCUT2D eigenvalue weighted by Gasteiger charge is -2.26. The predicted molar refractivity (Wildman–Crippen MR) is 116 cm³/mol. The first-order valence-electron chi connectivity index (χ1n) is 10.1. The lowest BCUT2D eigenvalue weighted by Crippen LogP contribution is -2.41. The summed E-state index contributed by atoms with van der Waals surface area (Å²) < 4.78 is 21.4. The number of carbonyl (C=O) groups excluding carboxylic acids is 2. The minimum absolute atomic E-state index is 0.00493. The summed E-state index contributed by atoms with van der Waals surface area (Å²) in [5, 5.41) is 9.45. The first-order valence-corrected chi connectivity index (χ1v) is 10.1. The molecule has 2 aromatic carbocycles. The Hall–Kier alpha value is -3.83. The third-order valence-corrected chi connectivity index (χ3v) is 4.81. The van der Waals surface area contributed by atoms with Crippen molar-refractivity contribution in [2.24, 2.45) is 0 Å². The highest BCUT2D eigenvalue weighted by molar-refractivity contribution is 6.01. The molecule has 0 saturated carbocycles. The first-order chi connectivity index (χ1) is 15.5. The Morgan fingerprint density at radius 2 is 1.88 bits per heavy atom. The molecule has 0 N–H and O–H groups in total. The smallest absolute Gasteiger partial charge is 0.349 e. The van der Waals surface area contributed by atoms with Crippen LogP contribution < -0.4 is 14.2 Å². The Labute approximate surface area is 186 Å². The fraction of sp³-hybridized carbons (Fsp3) is 0.292. The van der Waals surface area contributed by atoms with Crippen molar-refractivity contribution in [2.75, 3.05) is 40.0 Å². The Balaban J connectivity index is 1.68. The molecule has 0 unspecified atom stereocenters. The van der Waals surface area contributed by atoms with E-state index in [0.29, 0.717) is 43.4 Å². The van der Waals surface area contributed by atoms with Crippen molar-refractivity contribution in [3.63, 3.8) is 0 Å². The van der Waals surface area contributed by atoms with Crippen LogP contribution in [-0.2, 0) is 14.3 Å². The predicted octanol–water partition coefficient (Wildman–Crippen LogP) is 2.75. The van der Waals surface area contributed by atoms with Crippen LogP contribution in [0.4, 0.5) is 0 Å². The number of ether oxygens (including phenoxy) is 4. The molecular formula is C24H24N2O6. The van der Waals surface area contributed by atoms with Crippen LogP contribution in [-0.4, -0.2) is 56.8 Å². The molecule has 166 valence electrons. The van der Waals surface area contributed by atoms with Gasteiger partial charge in [-0.2, -0.15) is 5.26 Å². The first kappa shape index (κ1) is 22.8. The fourth-order valence-corrected chi connectivity index (χ4v) is 3.11. The van der Waals surface area contributed by atoms with Gasteiger partial charge in [-0.15, -0.1) is 0 Å². The number of aryl methyl sites for hydroxylation is 1. The van der Waals surface area contributed by atoms with E-state index in [1.807, 2.05) is 31.2 Å². The minimum Gasteiger partial charge on any atom is -0.493 e. The van der Waals surface area contributed by atoms with Crippen LogP contribution >= 0.6 is 0 Å². The number of esters is 1. The Morgan fingerprint density at radius 1 is 1.12 bits per heavy atom. The number of nitriles is 1. The molecule has 0 aliphatic carbocycles. The molecule has 0 radical (unpaired) electrons. The van der Waals surface area contributed by atoms with E-state index < -0.39 is 5.97 Å². The average Bonchev–Trinajstić information content (AvgIpc) is 2.83. The second-order valence-electron chi connectivity index (χ2n) is 7.01. The molecule has 1 fully saturated rings. The van der Waals surface area contributed by atoms with Gasteiger partial charge in [0.2, 0.25) is 0 Å². The van der Waals surface area contributed by atoms with E-state index in [1.165, 1.54) is 13.2 Å². The number of nitrogens with zero attached hydrogens (tertiary/aromatic N) is 2. The number of methoxy groups -OCH3 is 1. The van der Waals surface area contributed by atoms with Gasteiger partial charge < -0.3 is 23.8 Å². The summed E-state index contributed by atoms with van der Waals surface area (Å²) in [4.78, 5) is 26.4. The summed E-state index contributed by atoms with van der Waals surface area (Å²) in [6.07, 6.45) is 1.48. The summed E-state index contributed by atoms with van der Waals surface area (Å²) in [5.41, 5.74) is 1.48. The van der Waals surface area contributed by atoms with Gasteiger partial charge in [-0.05, 0) is 42.3 Å². The van der Waals surface area contributed by atoms with Gasteiger partial charge in [0.25, 0.3) is 5.91 Å². The van der Waals surface area contributed by atoms with Gasteiger partial charge in [0.1, 0.15) is 17.4 Å². The van der Waals surface area contributed by atoms with Crippen LogP contribution in [0.2, 0.25) is 0 Å². The Kier molecular flexibility index (Phi) is 7.84. The SMILES string of the molecule is COc1cc(/C=C(\C#N)C(=O)N2CCOCC2)ccc1OC(=O)COc1ccccc1C. The largest absolute Gasteiger partial charge is 0.493 e. The zero-order chi connectivity index (χ0) is 22.9. The molecule has 32 heavy (non-hydrogen) atoms. The Bertz CT molecular complexity index is 1050. The quantitative estimate of drug-likeness (QED) is 0.285. The van der Waals surface area contributed by atoms with Crippen molar-refractivity contribution in [3.05, 3.63) is 59.2 Å². The summed E-state index contributed by atoms with van der Waals surface area (Å²) in [5.74, 6) is 0.166. The zero-order valence-electron chi connectivity index (χ0n) is 18.0. The van der Waals surface area contributed by atoms with E-state index in [9.17, 15) is 14.9 Å². The van der Waals surface area contributed by atoms with Crippen LogP contribution in [0.3, 0.4) is 0 Å². The number of amides is 1. The second kappa shape index (κ2) is 11.0. The molecule has 0 bridgehead atoms. The van der Waals surface area contributed by atoms with E-state index in [4.69, 9.17) is 18.9 Å². The standard InChI is InChI=1S/C24H24N2O6/c1-17-5-3-4-6-20(17)31-16-23(27)32-21-8-7-18(14-22(21)29-2)13-19(15-25)24(28)26-9-11-30-12-10-26/h3-8,13-14H,9-12,16H2,1-2H3/b19-13+. The summed E-state index contributed by atoms with van der Waals surface area (Å²) >= 11 is 0. The van der Waals surface area contributed by atoms with Gasteiger partial charge in [0, 0.05) is 13.1 Å². The fourth-order valence-electron chi connectivity index (χ4n) is 3.11. The molecule has 1 amide bonds. The number of benzene rings is 2. The van der Waals surface area contributed by atoms with Crippen molar-refractivity contribution in [1.82, 2.24) is 4.90 Å². The van der Waals surface area contributed by atoms with Gasteiger partial charge in [0.05, 0.1) is 20.3 Å². The minimum atomic E-state index is -0.588. The summed E-state index contributed by atoms with van der Waals surface area (Å²) in [7, 11) is 1.44. The number of rotatable bonds is 7. The van der Waals surface area contributed by atoms with E-state index in [-0.39, 0.29) is 23.8 Å². The van der Waals surface area contributed by atoms with Gasteiger partial charge in [-0.25, -0.2) is 4.79 Å². The van der Waals surface area contributed by atoms with Crippen LogP contribution in [0.1, 0.15) is 11.1 Å². The maximum absolute atomic E-state index is 12.6. The van der Waals surface area contributed by atoms with Gasteiger partial charge in [-0.3, -0.25) is 4.79 Å².